The van der Waals surface area contributed by atoms with Gasteiger partial charge in [0, 0.05) is 18.8 Å². The third kappa shape index (κ3) is 3.14. The number of amides is 2. The number of likely N-dealkylation sites (tertiary alicyclic amines) is 1. The zero-order valence-corrected chi connectivity index (χ0v) is 13.8. The normalized spacial score (nSPS) is 21.1. The van der Waals surface area contributed by atoms with Crippen LogP contribution in [0.2, 0.25) is 0 Å². The molecule has 2 aliphatic heterocycles. The van der Waals surface area contributed by atoms with Crippen LogP contribution in [0.1, 0.15) is 18.4 Å². The number of carbonyl (C=O) groups is 2. The summed E-state index contributed by atoms with van der Waals surface area (Å²) in [4.78, 5) is 28.3. The van der Waals surface area contributed by atoms with E-state index < -0.39 is 0 Å². The lowest BCUT2D eigenvalue weighted by Crippen LogP contribution is -2.46. The first kappa shape index (κ1) is 15.4. The molecule has 4 nitrogen and oxygen atoms in total. The van der Waals surface area contributed by atoms with Crippen LogP contribution in [0.5, 0.6) is 0 Å². The Kier molecular flexibility index (Phi) is 4.71. The number of anilines is 1. The van der Waals surface area contributed by atoms with Crippen molar-refractivity contribution in [1.29, 1.82) is 0 Å². The minimum atomic E-state index is 0.0345. The van der Waals surface area contributed by atoms with Gasteiger partial charge in [0.15, 0.2) is 0 Å². The van der Waals surface area contributed by atoms with Crippen LogP contribution in [-0.2, 0) is 16.0 Å². The Morgan fingerprint density at radius 2 is 2.18 bits per heavy atom. The van der Waals surface area contributed by atoms with Gasteiger partial charge in [0.05, 0.1) is 6.42 Å². The van der Waals surface area contributed by atoms with E-state index in [1.54, 1.807) is 4.90 Å². The van der Waals surface area contributed by atoms with Crippen LogP contribution in [0, 0.1) is 5.92 Å². The van der Waals surface area contributed by atoms with Gasteiger partial charge in [-0.15, -0.1) is 0 Å². The fourth-order valence-corrected chi connectivity index (χ4v) is 4.13. The number of thioether (sulfide) groups is 1. The lowest BCUT2D eigenvalue weighted by atomic mass is 10.00. The van der Waals surface area contributed by atoms with Crippen LogP contribution in [0.25, 0.3) is 0 Å². The van der Waals surface area contributed by atoms with Gasteiger partial charge in [-0.1, -0.05) is 18.2 Å². The second-order valence-corrected chi connectivity index (χ2v) is 7.00. The van der Waals surface area contributed by atoms with Crippen molar-refractivity contribution in [2.24, 2.45) is 5.92 Å². The molecule has 2 aliphatic rings. The van der Waals surface area contributed by atoms with Crippen LogP contribution in [0.4, 0.5) is 5.69 Å². The van der Waals surface area contributed by atoms with Gasteiger partial charge in [-0.05, 0) is 42.4 Å². The first-order valence-electron chi connectivity index (χ1n) is 7.84. The van der Waals surface area contributed by atoms with Crippen molar-refractivity contribution in [2.75, 3.05) is 36.5 Å². The fourth-order valence-electron chi connectivity index (χ4n) is 3.39. The quantitative estimate of drug-likeness (QED) is 0.854. The van der Waals surface area contributed by atoms with E-state index >= 15 is 0 Å². The number of hydrogen-bond donors (Lipinski definition) is 0. The zero-order valence-electron chi connectivity index (χ0n) is 13.0. The molecule has 0 saturated carbocycles. The second kappa shape index (κ2) is 6.73. The van der Waals surface area contributed by atoms with Gasteiger partial charge in [0.1, 0.15) is 6.54 Å². The topological polar surface area (TPSA) is 40.6 Å². The summed E-state index contributed by atoms with van der Waals surface area (Å²) in [6, 6.07) is 7.76. The Labute approximate surface area is 135 Å². The maximum Gasteiger partial charge on any atom is 0.242 e. The Balaban J connectivity index is 1.65. The van der Waals surface area contributed by atoms with Crippen molar-refractivity contribution >= 4 is 29.3 Å². The van der Waals surface area contributed by atoms with Crippen LogP contribution < -0.4 is 4.90 Å². The summed E-state index contributed by atoms with van der Waals surface area (Å²) in [5.74, 6) is 1.81. The van der Waals surface area contributed by atoms with Crippen LogP contribution in [-0.4, -0.2) is 48.4 Å². The number of piperidine rings is 1. The molecule has 0 radical (unpaired) electrons. The molecule has 1 atom stereocenters. The molecule has 1 fully saturated rings. The molecular weight excluding hydrogens is 296 g/mol. The summed E-state index contributed by atoms with van der Waals surface area (Å²) in [6.07, 6.45) is 4.80. The summed E-state index contributed by atoms with van der Waals surface area (Å²) in [7, 11) is 0. The van der Waals surface area contributed by atoms with Crippen LogP contribution in [0.15, 0.2) is 24.3 Å². The predicted octanol–water partition coefficient (Wildman–Crippen LogP) is 2.18. The van der Waals surface area contributed by atoms with E-state index in [-0.39, 0.29) is 18.4 Å². The van der Waals surface area contributed by atoms with E-state index in [2.05, 4.69) is 6.26 Å². The van der Waals surface area contributed by atoms with E-state index in [1.165, 1.54) is 6.42 Å². The highest BCUT2D eigenvalue weighted by Crippen LogP contribution is 2.28. The van der Waals surface area contributed by atoms with Gasteiger partial charge in [0.2, 0.25) is 11.8 Å². The minimum Gasteiger partial charge on any atom is -0.341 e. The van der Waals surface area contributed by atoms with Crippen molar-refractivity contribution < 1.29 is 9.59 Å². The summed E-state index contributed by atoms with van der Waals surface area (Å²) in [5.41, 5.74) is 1.93. The molecule has 1 aromatic rings. The molecule has 0 aliphatic carbocycles. The summed E-state index contributed by atoms with van der Waals surface area (Å²) in [5, 5.41) is 0. The standard InChI is InChI=1S/C17H22N2O2S/c1-22-12-13-5-4-8-18(10-13)17(21)11-19-15-7-3-2-6-14(15)9-16(19)20/h2-3,6-7,13H,4-5,8-12H2,1H3. The molecule has 0 aromatic heterocycles. The highest BCUT2D eigenvalue weighted by atomic mass is 32.2. The Morgan fingerprint density at radius 3 is 3.00 bits per heavy atom. The number of fused-ring (bicyclic) bond motifs is 1. The number of rotatable bonds is 4. The van der Waals surface area contributed by atoms with E-state index in [1.807, 2.05) is 40.9 Å². The Hall–Kier alpha value is -1.49. The van der Waals surface area contributed by atoms with Crippen molar-refractivity contribution in [2.45, 2.75) is 19.3 Å². The highest BCUT2D eigenvalue weighted by molar-refractivity contribution is 7.98. The summed E-state index contributed by atoms with van der Waals surface area (Å²) < 4.78 is 0. The monoisotopic (exact) mass is 318 g/mol. The molecule has 1 unspecified atom stereocenters. The van der Waals surface area contributed by atoms with Gasteiger partial charge in [-0.25, -0.2) is 0 Å². The molecule has 1 aromatic carbocycles. The molecule has 22 heavy (non-hydrogen) atoms. The number of para-hydroxylation sites is 1. The van der Waals surface area contributed by atoms with Gasteiger partial charge in [-0.2, -0.15) is 11.8 Å². The molecule has 2 amide bonds. The predicted molar refractivity (Wildman–Crippen MR) is 90.2 cm³/mol. The molecule has 0 spiro atoms. The van der Waals surface area contributed by atoms with Crippen molar-refractivity contribution in [1.82, 2.24) is 4.90 Å². The first-order chi connectivity index (χ1) is 10.7. The molecule has 118 valence electrons. The van der Waals surface area contributed by atoms with E-state index in [0.29, 0.717) is 12.3 Å². The average molecular weight is 318 g/mol. The van der Waals surface area contributed by atoms with Crippen molar-refractivity contribution in [3.8, 4) is 0 Å². The number of hydrogen-bond acceptors (Lipinski definition) is 3. The third-order valence-corrected chi connectivity index (χ3v) is 5.30. The summed E-state index contributed by atoms with van der Waals surface area (Å²) in [6.45, 7) is 1.85. The van der Waals surface area contributed by atoms with Gasteiger partial charge < -0.3 is 9.80 Å². The van der Waals surface area contributed by atoms with E-state index in [9.17, 15) is 9.59 Å². The maximum absolute atomic E-state index is 12.6. The molecule has 1 saturated heterocycles. The molecule has 2 heterocycles. The molecule has 0 bridgehead atoms. The lowest BCUT2D eigenvalue weighted by molar-refractivity contribution is -0.132. The molecule has 0 N–H and O–H groups in total. The largest absolute Gasteiger partial charge is 0.341 e. The highest BCUT2D eigenvalue weighted by Gasteiger charge is 2.31. The molecule has 3 rings (SSSR count). The number of nitrogens with zero attached hydrogens (tertiary/aromatic N) is 2. The SMILES string of the molecule is CSCC1CCCN(C(=O)CN2C(=O)Cc3ccccc32)C1. The fraction of sp³-hybridized carbons (Fsp3) is 0.529. The Morgan fingerprint density at radius 1 is 1.36 bits per heavy atom. The third-order valence-electron chi connectivity index (χ3n) is 4.49. The average Bonchev–Trinajstić information content (AvgIpc) is 2.84. The van der Waals surface area contributed by atoms with Gasteiger partial charge >= 0.3 is 0 Å². The molecule has 5 heteroatoms. The van der Waals surface area contributed by atoms with Gasteiger partial charge in [-0.3, -0.25) is 9.59 Å². The zero-order chi connectivity index (χ0) is 15.5. The molecular formula is C17H22N2O2S. The van der Waals surface area contributed by atoms with Crippen molar-refractivity contribution in [3.63, 3.8) is 0 Å². The summed E-state index contributed by atoms with van der Waals surface area (Å²) >= 11 is 1.84. The maximum atomic E-state index is 12.6. The smallest absolute Gasteiger partial charge is 0.242 e. The van der Waals surface area contributed by atoms with E-state index in [0.717, 1.165) is 36.5 Å². The van der Waals surface area contributed by atoms with Crippen LogP contribution in [0.3, 0.4) is 0 Å². The minimum absolute atomic E-state index is 0.0345. The lowest BCUT2D eigenvalue weighted by Gasteiger charge is -2.33. The second-order valence-electron chi connectivity index (χ2n) is 6.09. The van der Waals surface area contributed by atoms with Gasteiger partial charge in [0.25, 0.3) is 0 Å². The number of benzene rings is 1. The Bertz CT molecular complexity index is 574. The van der Waals surface area contributed by atoms with Crippen molar-refractivity contribution in [3.05, 3.63) is 29.8 Å². The number of carbonyl (C=O) groups excluding carboxylic acids is 2. The first-order valence-corrected chi connectivity index (χ1v) is 9.23. The van der Waals surface area contributed by atoms with Crippen LogP contribution >= 0.6 is 11.8 Å². The van der Waals surface area contributed by atoms with E-state index in [4.69, 9.17) is 0 Å².